The Labute approximate surface area is 108 Å². The molecule has 0 aromatic heterocycles. The quantitative estimate of drug-likeness (QED) is 0.797. The molecule has 1 aromatic rings. The highest BCUT2D eigenvalue weighted by Gasteiger charge is 2.22. The molecule has 96 valence electrons. The second kappa shape index (κ2) is 4.86. The third-order valence-electron chi connectivity index (χ3n) is 2.51. The minimum absolute atomic E-state index is 0.122. The summed E-state index contributed by atoms with van der Waals surface area (Å²) >= 11 is 5.48. The minimum Gasteiger partial charge on any atom is -0.495 e. The van der Waals surface area contributed by atoms with Crippen molar-refractivity contribution in [1.29, 1.82) is 0 Å². The molecular formula is C12H17ClO3S. The number of sulfone groups is 1. The van der Waals surface area contributed by atoms with E-state index in [1.807, 2.05) is 26.8 Å². The second-order valence-electron chi connectivity index (χ2n) is 4.84. The molecule has 1 rings (SSSR count). The molecule has 0 saturated carbocycles. The maximum atomic E-state index is 11.8. The van der Waals surface area contributed by atoms with Gasteiger partial charge in [-0.15, -0.1) is 11.6 Å². The van der Waals surface area contributed by atoms with Gasteiger partial charge in [0.2, 0.25) is 0 Å². The van der Waals surface area contributed by atoms with Crippen LogP contribution in [-0.4, -0.2) is 20.7 Å². The van der Waals surface area contributed by atoms with Crippen molar-refractivity contribution in [2.24, 2.45) is 0 Å². The van der Waals surface area contributed by atoms with E-state index in [1.165, 1.54) is 7.11 Å². The van der Waals surface area contributed by atoms with Crippen molar-refractivity contribution in [2.45, 2.75) is 31.1 Å². The van der Waals surface area contributed by atoms with Gasteiger partial charge in [0.1, 0.15) is 15.9 Å². The minimum atomic E-state index is -3.48. The standard InChI is InChI=1S/C12H17ClO3S/c1-12(2,3)9-5-6-10(16-4)11(7-9)17(14,15)8-13/h5-7H,8H2,1-4H3. The molecule has 0 bridgehead atoms. The fourth-order valence-corrected chi connectivity index (χ4v) is 2.68. The van der Waals surface area contributed by atoms with Crippen LogP contribution in [0.5, 0.6) is 5.75 Å². The number of halogens is 1. The van der Waals surface area contributed by atoms with Gasteiger partial charge in [0.05, 0.1) is 7.11 Å². The molecule has 0 radical (unpaired) electrons. The van der Waals surface area contributed by atoms with E-state index < -0.39 is 15.0 Å². The molecule has 0 spiro atoms. The number of benzene rings is 1. The molecule has 0 fully saturated rings. The predicted octanol–water partition coefficient (Wildman–Crippen LogP) is 2.96. The van der Waals surface area contributed by atoms with Gasteiger partial charge in [0, 0.05) is 0 Å². The molecular weight excluding hydrogens is 260 g/mol. The number of ether oxygens (including phenoxy) is 1. The first-order chi connectivity index (χ1) is 7.72. The van der Waals surface area contributed by atoms with E-state index in [2.05, 4.69) is 0 Å². The Balaban J connectivity index is 3.46. The van der Waals surface area contributed by atoms with Crippen LogP contribution >= 0.6 is 11.6 Å². The van der Waals surface area contributed by atoms with Gasteiger partial charge >= 0.3 is 0 Å². The van der Waals surface area contributed by atoms with E-state index in [0.717, 1.165) is 5.56 Å². The number of alkyl halides is 1. The molecule has 3 nitrogen and oxygen atoms in total. The van der Waals surface area contributed by atoms with Gasteiger partial charge in [0.25, 0.3) is 0 Å². The summed E-state index contributed by atoms with van der Waals surface area (Å²) in [6.07, 6.45) is 0. The zero-order valence-corrected chi connectivity index (χ0v) is 12.0. The van der Waals surface area contributed by atoms with Crippen LogP contribution in [-0.2, 0) is 15.3 Å². The lowest BCUT2D eigenvalue weighted by molar-refractivity contribution is 0.402. The Morgan fingerprint density at radius 2 is 1.88 bits per heavy atom. The topological polar surface area (TPSA) is 43.4 Å². The predicted molar refractivity (Wildman–Crippen MR) is 69.6 cm³/mol. The summed E-state index contributed by atoms with van der Waals surface area (Å²) in [6, 6.07) is 5.17. The average molecular weight is 277 g/mol. The molecule has 0 aliphatic heterocycles. The van der Waals surface area contributed by atoms with Crippen molar-refractivity contribution in [1.82, 2.24) is 0 Å². The van der Waals surface area contributed by atoms with Crippen molar-refractivity contribution in [3.63, 3.8) is 0 Å². The summed E-state index contributed by atoms with van der Waals surface area (Å²) in [4.78, 5) is 0.155. The van der Waals surface area contributed by atoms with Crippen molar-refractivity contribution >= 4 is 21.4 Å². The lowest BCUT2D eigenvalue weighted by Gasteiger charge is -2.20. The largest absolute Gasteiger partial charge is 0.495 e. The summed E-state index contributed by atoms with van der Waals surface area (Å²) < 4.78 is 28.8. The van der Waals surface area contributed by atoms with Crippen LogP contribution in [0, 0.1) is 0 Å². The second-order valence-corrected chi connectivity index (χ2v) is 7.38. The van der Waals surface area contributed by atoms with Gasteiger partial charge in [-0.3, -0.25) is 0 Å². The summed E-state index contributed by atoms with van der Waals surface area (Å²) in [5.41, 5.74) is 0.810. The third-order valence-corrected chi connectivity index (χ3v) is 4.65. The first-order valence-corrected chi connectivity index (χ1v) is 7.38. The van der Waals surface area contributed by atoms with E-state index in [1.54, 1.807) is 12.1 Å². The smallest absolute Gasteiger partial charge is 0.195 e. The summed E-state index contributed by atoms with van der Waals surface area (Å²) in [5, 5.41) is -0.447. The normalized spacial score (nSPS) is 12.5. The first-order valence-electron chi connectivity index (χ1n) is 5.19. The van der Waals surface area contributed by atoms with Crippen molar-refractivity contribution < 1.29 is 13.2 Å². The van der Waals surface area contributed by atoms with E-state index in [-0.39, 0.29) is 10.3 Å². The molecule has 0 unspecified atom stereocenters. The Kier molecular flexibility index (Phi) is 4.10. The molecule has 0 aliphatic carbocycles. The van der Waals surface area contributed by atoms with E-state index in [0.29, 0.717) is 5.75 Å². The van der Waals surface area contributed by atoms with Crippen molar-refractivity contribution in [2.75, 3.05) is 12.3 Å². The lowest BCUT2D eigenvalue weighted by Crippen LogP contribution is -2.13. The van der Waals surface area contributed by atoms with Crippen molar-refractivity contribution in [3.05, 3.63) is 23.8 Å². The fourth-order valence-electron chi connectivity index (χ4n) is 1.45. The Bertz CT molecular complexity index is 501. The molecule has 0 saturated heterocycles. The van der Waals surface area contributed by atoms with Gasteiger partial charge in [-0.2, -0.15) is 0 Å². The van der Waals surface area contributed by atoms with Crippen LogP contribution in [0.1, 0.15) is 26.3 Å². The van der Waals surface area contributed by atoms with Gasteiger partial charge in [-0.1, -0.05) is 26.8 Å². The van der Waals surface area contributed by atoms with Gasteiger partial charge < -0.3 is 4.74 Å². The van der Waals surface area contributed by atoms with E-state index in [4.69, 9.17) is 16.3 Å². The highest BCUT2D eigenvalue weighted by Crippen LogP contribution is 2.31. The maximum Gasteiger partial charge on any atom is 0.195 e. The van der Waals surface area contributed by atoms with Gasteiger partial charge in [-0.05, 0) is 23.1 Å². The summed E-state index contributed by atoms with van der Waals surface area (Å²) in [5.74, 6) is 0.332. The molecule has 0 amide bonds. The fraction of sp³-hybridized carbons (Fsp3) is 0.500. The molecule has 0 atom stereocenters. The van der Waals surface area contributed by atoms with E-state index in [9.17, 15) is 8.42 Å². The Morgan fingerprint density at radius 1 is 1.29 bits per heavy atom. The highest BCUT2D eigenvalue weighted by molar-refractivity contribution is 7.92. The zero-order valence-electron chi connectivity index (χ0n) is 10.5. The lowest BCUT2D eigenvalue weighted by atomic mass is 9.87. The maximum absolute atomic E-state index is 11.8. The van der Waals surface area contributed by atoms with Crippen LogP contribution in [0.25, 0.3) is 0 Å². The zero-order chi connectivity index (χ0) is 13.3. The highest BCUT2D eigenvalue weighted by atomic mass is 35.5. The Hall–Kier alpha value is -0.740. The van der Waals surface area contributed by atoms with Gasteiger partial charge in [0.15, 0.2) is 9.84 Å². The number of rotatable bonds is 3. The van der Waals surface area contributed by atoms with Crippen LogP contribution in [0.4, 0.5) is 0 Å². The van der Waals surface area contributed by atoms with Crippen LogP contribution < -0.4 is 4.74 Å². The Morgan fingerprint density at radius 3 is 2.29 bits per heavy atom. The van der Waals surface area contributed by atoms with Crippen LogP contribution in [0.15, 0.2) is 23.1 Å². The third kappa shape index (κ3) is 3.13. The van der Waals surface area contributed by atoms with Crippen molar-refractivity contribution in [3.8, 4) is 5.75 Å². The molecule has 0 N–H and O–H groups in total. The average Bonchev–Trinajstić information content (AvgIpc) is 2.27. The molecule has 1 aromatic carbocycles. The van der Waals surface area contributed by atoms with E-state index >= 15 is 0 Å². The molecule has 5 heteroatoms. The molecule has 0 heterocycles. The van der Waals surface area contributed by atoms with Crippen LogP contribution in [0.2, 0.25) is 0 Å². The SMILES string of the molecule is COc1ccc(C(C)(C)C)cc1S(=O)(=O)CCl. The monoisotopic (exact) mass is 276 g/mol. The molecule has 0 aliphatic rings. The number of hydrogen-bond acceptors (Lipinski definition) is 3. The number of methoxy groups -OCH3 is 1. The van der Waals surface area contributed by atoms with Gasteiger partial charge in [-0.25, -0.2) is 8.42 Å². The molecule has 17 heavy (non-hydrogen) atoms. The first kappa shape index (κ1) is 14.3. The summed E-state index contributed by atoms with van der Waals surface area (Å²) in [7, 11) is -2.04. The van der Waals surface area contributed by atoms with Crippen LogP contribution in [0.3, 0.4) is 0 Å². The number of hydrogen-bond donors (Lipinski definition) is 0. The summed E-state index contributed by atoms with van der Waals surface area (Å²) in [6.45, 7) is 6.06.